The monoisotopic (exact) mass is 342 g/mol. The molecule has 1 amide bonds. The molecule has 132 valence electrons. The van der Waals surface area contributed by atoms with Crippen molar-refractivity contribution in [3.05, 3.63) is 42.0 Å². The van der Waals surface area contributed by atoms with Crippen molar-refractivity contribution in [2.75, 3.05) is 0 Å². The minimum absolute atomic E-state index is 0.0168. The summed E-state index contributed by atoms with van der Waals surface area (Å²) in [5, 5.41) is 16.3. The van der Waals surface area contributed by atoms with Crippen LogP contribution in [0.1, 0.15) is 49.1 Å². The lowest BCUT2D eigenvalue weighted by Crippen LogP contribution is -2.39. The number of carbonyl (C=O) groups is 2. The maximum Gasteiger partial charge on any atom is 0.306 e. The standard InChI is InChI=1S/C18H22N4O3/c1-2-15-20-16(21-22(15)14-6-4-3-5-7-14)17(23)19-13-10-8-12(9-11-13)18(24)25/h3-7,12-13H,2,8-11H2,1H3,(H,19,23)(H,24,25). The number of carbonyl (C=O) groups excluding carboxylic acids is 1. The summed E-state index contributed by atoms with van der Waals surface area (Å²) in [6.07, 6.45) is 3.18. The molecule has 1 aromatic carbocycles. The largest absolute Gasteiger partial charge is 0.481 e. The van der Waals surface area contributed by atoms with Crippen LogP contribution in [0.25, 0.3) is 5.69 Å². The number of rotatable bonds is 5. The number of benzene rings is 1. The Hall–Kier alpha value is -2.70. The van der Waals surface area contributed by atoms with Gasteiger partial charge in [0.1, 0.15) is 5.82 Å². The molecular formula is C18H22N4O3. The molecule has 1 fully saturated rings. The number of aryl methyl sites for hydroxylation is 1. The maximum atomic E-state index is 12.5. The lowest BCUT2D eigenvalue weighted by molar-refractivity contribution is -0.142. The van der Waals surface area contributed by atoms with Crippen LogP contribution < -0.4 is 5.32 Å². The van der Waals surface area contributed by atoms with Crippen molar-refractivity contribution in [3.8, 4) is 5.69 Å². The Bertz CT molecular complexity index is 749. The normalized spacial score (nSPS) is 20.2. The van der Waals surface area contributed by atoms with Crippen LogP contribution in [0.5, 0.6) is 0 Å². The number of nitrogens with zero attached hydrogens (tertiary/aromatic N) is 3. The van der Waals surface area contributed by atoms with Gasteiger partial charge in [-0.25, -0.2) is 9.67 Å². The summed E-state index contributed by atoms with van der Waals surface area (Å²) in [6, 6.07) is 9.57. The van der Waals surface area contributed by atoms with Gasteiger partial charge in [0, 0.05) is 12.5 Å². The van der Waals surface area contributed by atoms with E-state index in [-0.39, 0.29) is 23.7 Å². The third-order valence-corrected chi connectivity index (χ3v) is 4.61. The summed E-state index contributed by atoms with van der Waals surface area (Å²) < 4.78 is 1.69. The number of carboxylic acids is 1. The van der Waals surface area contributed by atoms with Crippen molar-refractivity contribution in [3.63, 3.8) is 0 Å². The quantitative estimate of drug-likeness (QED) is 0.868. The summed E-state index contributed by atoms with van der Waals surface area (Å²) in [7, 11) is 0. The summed E-state index contributed by atoms with van der Waals surface area (Å²) >= 11 is 0. The van der Waals surface area contributed by atoms with Gasteiger partial charge in [-0.1, -0.05) is 25.1 Å². The summed E-state index contributed by atoms with van der Waals surface area (Å²) in [5.41, 5.74) is 0.868. The number of carboxylic acid groups (broad SMARTS) is 1. The number of para-hydroxylation sites is 1. The molecule has 0 bridgehead atoms. The summed E-state index contributed by atoms with van der Waals surface area (Å²) in [6.45, 7) is 1.97. The summed E-state index contributed by atoms with van der Waals surface area (Å²) in [4.78, 5) is 27.8. The van der Waals surface area contributed by atoms with Crippen molar-refractivity contribution >= 4 is 11.9 Å². The Labute approximate surface area is 146 Å². The number of nitrogens with one attached hydrogen (secondary N) is 1. The molecule has 2 N–H and O–H groups in total. The van der Waals surface area contributed by atoms with E-state index in [1.54, 1.807) is 4.68 Å². The van der Waals surface area contributed by atoms with Gasteiger partial charge >= 0.3 is 5.97 Å². The van der Waals surface area contributed by atoms with Gasteiger partial charge in [-0.2, -0.15) is 0 Å². The Kier molecular flexibility index (Phi) is 5.11. The average Bonchev–Trinajstić information content (AvgIpc) is 3.07. The van der Waals surface area contributed by atoms with E-state index in [9.17, 15) is 9.59 Å². The van der Waals surface area contributed by atoms with E-state index >= 15 is 0 Å². The SMILES string of the molecule is CCc1nc(C(=O)NC2CCC(C(=O)O)CC2)nn1-c1ccccc1. The molecular weight excluding hydrogens is 320 g/mol. The second-order valence-corrected chi connectivity index (χ2v) is 6.31. The van der Waals surface area contributed by atoms with Crippen molar-refractivity contribution < 1.29 is 14.7 Å². The van der Waals surface area contributed by atoms with E-state index in [1.807, 2.05) is 37.3 Å². The molecule has 1 aliphatic rings. The zero-order valence-electron chi connectivity index (χ0n) is 14.2. The lowest BCUT2D eigenvalue weighted by atomic mass is 9.86. The predicted octanol–water partition coefficient (Wildman–Crippen LogP) is 2.20. The second-order valence-electron chi connectivity index (χ2n) is 6.31. The van der Waals surface area contributed by atoms with Crippen LogP contribution in [0.15, 0.2) is 30.3 Å². The molecule has 1 heterocycles. The van der Waals surface area contributed by atoms with Gasteiger partial charge in [-0.3, -0.25) is 9.59 Å². The maximum absolute atomic E-state index is 12.5. The van der Waals surface area contributed by atoms with E-state index in [1.165, 1.54) is 0 Å². The first-order valence-electron chi connectivity index (χ1n) is 8.63. The molecule has 7 nitrogen and oxygen atoms in total. The highest BCUT2D eigenvalue weighted by atomic mass is 16.4. The molecule has 3 rings (SSSR count). The number of hydrogen-bond acceptors (Lipinski definition) is 4. The first kappa shape index (κ1) is 17.1. The highest BCUT2D eigenvalue weighted by molar-refractivity contribution is 5.90. The van der Waals surface area contributed by atoms with E-state index < -0.39 is 5.97 Å². The number of hydrogen-bond donors (Lipinski definition) is 2. The Morgan fingerprint density at radius 2 is 1.88 bits per heavy atom. The molecule has 0 atom stereocenters. The fourth-order valence-corrected chi connectivity index (χ4v) is 3.18. The molecule has 0 saturated heterocycles. The fraction of sp³-hybridized carbons (Fsp3) is 0.444. The van der Waals surface area contributed by atoms with Gasteiger partial charge in [0.05, 0.1) is 11.6 Å². The molecule has 1 saturated carbocycles. The van der Waals surface area contributed by atoms with Gasteiger partial charge in [0.15, 0.2) is 0 Å². The van der Waals surface area contributed by atoms with Crippen LogP contribution >= 0.6 is 0 Å². The molecule has 25 heavy (non-hydrogen) atoms. The van der Waals surface area contributed by atoms with E-state index in [0.717, 1.165) is 11.5 Å². The van der Waals surface area contributed by atoms with E-state index in [0.29, 0.717) is 32.1 Å². The molecule has 1 aliphatic carbocycles. The minimum atomic E-state index is -0.749. The Morgan fingerprint density at radius 1 is 1.20 bits per heavy atom. The van der Waals surface area contributed by atoms with Gasteiger partial charge in [0.2, 0.25) is 5.82 Å². The van der Waals surface area contributed by atoms with Gasteiger partial charge in [-0.05, 0) is 37.8 Å². The van der Waals surface area contributed by atoms with Crippen LogP contribution in [-0.4, -0.2) is 37.8 Å². The Morgan fingerprint density at radius 3 is 2.48 bits per heavy atom. The number of aromatic nitrogens is 3. The smallest absolute Gasteiger partial charge is 0.306 e. The van der Waals surface area contributed by atoms with E-state index in [4.69, 9.17) is 5.11 Å². The van der Waals surface area contributed by atoms with Crippen LogP contribution in [-0.2, 0) is 11.2 Å². The van der Waals surface area contributed by atoms with Crippen LogP contribution in [0, 0.1) is 5.92 Å². The molecule has 0 spiro atoms. The predicted molar refractivity (Wildman–Crippen MR) is 91.6 cm³/mol. The molecule has 1 aromatic heterocycles. The molecule has 0 aliphatic heterocycles. The van der Waals surface area contributed by atoms with Crippen molar-refractivity contribution in [1.82, 2.24) is 20.1 Å². The molecule has 0 radical (unpaired) electrons. The third kappa shape index (κ3) is 3.87. The van der Waals surface area contributed by atoms with Gasteiger partial charge in [0.25, 0.3) is 5.91 Å². The molecule has 0 unspecified atom stereocenters. The summed E-state index contributed by atoms with van der Waals surface area (Å²) in [5.74, 6) is -0.467. The highest BCUT2D eigenvalue weighted by Crippen LogP contribution is 2.24. The first-order chi connectivity index (χ1) is 12.1. The zero-order valence-corrected chi connectivity index (χ0v) is 14.2. The minimum Gasteiger partial charge on any atom is -0.481 e. The molecule has 7 heteroatoms. The zero-order chi connectivity index (χ0) is 17.8. The van der Waals surface area contributed by atoms with Crippen molar-refractivity contribution in [2.24, 2.45) is 5.92 Å². The number of amides is 1. The van der Waals surface area contributed by atoms with Crippen LogP contribution in [0.4, 0.5) is 0 Å². The molecule has 2 aromatic rings. The highest BCUT2D eigenvalue weighted by Gasteiger charge is 2.28. The lowest BCUT2D eigenvalue weighted by Gasteiger charge is -2.26. The van der Waals surface area contributed by atoms with Crippen molar-refractivity contribution in [1.29, 1.82) is 0 Å². The topological polar surface area (TPSA) is 97.1 Å². The fourth-order valence-electron chi connectivity index (χ4n) is 3.18. The van der Waals surface area contributed by atoms with Crippen LogP contribution in [0.3, 0.4) is 0 Å². The van der Waals surface area contributed by atoms with Crippen LogP contribution in [0.2, 0.25) is 0 Å². The number of aliphatic carboxylic acids is 1. The Balaban J connectivity index is 1.69. The van der Waals surface area contributed by atoms with Gasteiger partial charge in [-0.15, -0.1) is 5.10 Å². The van der Waals surface area contributed by atoms with E-state index in [2.05, 4.69) is 15.4 Å². The van der Waals surface area contributed by atoms with Crippen molar-refractivity contribution in [2.45, 2.75) is 45.1 Å². The first-order valence-corrected chi connectivity index (χ1v) is 8.63. The second kappa shape index (κ2) is 7.46. The third-order valence-electron chi connectivity index (χ3n) is 4.61. The average molecular weight is 342 g/mol. The van der Waals surface area contributed by atoms with Gasteiger partial charge < -0.3 is 10.4 Å².